The summed E-state index contributed by atoms with van der Waals surface area (Å²) in [6.07, 6.45) is 10.8. The Morgan fingerprint density at radius 3 is 2.00 bits per heavy atom. The molecule has 20 heavy (non-hydrogen) atoms. The van der Waals surface area contributed by atoms with E-state index in [-0.39, 0.29) is 5.78 Å². The lowest BCUT2D eigenvalue weighted by Gasteiger charge is -2.04. The molecule has 0 bridgehead atoms. The molecule has 0 aliphatic rings. The van der Waals surface area contributed by atoms with Crippen molar-refractivity contribution in [1.82, 2.24) is 0 Å². The molecule has 112 valence electrons. The molecule has 0 radical (unpaired) electrons. The number of hydrogen-bond acceptors (Lipinski definition) is 2. The second-order valence-corrected chi connectivity index (χ2v) is 5.38. The molecule has 0 spiro atoms. The van der Waals surface area contributed by atoms with Crippen LogP contribution in [0, 0.1) is 0 Å². The summed E-state index contributed by atoms with van der Waals surface area (Å²) in [7, 11) is 1.64. The predicted molar refractivity (Wildman–Crippen MR) is 84.6 cm³/mol. The number of ketones is 1. The van der Waals surface area contributed by atoms with Crippen molar-refractivity contribution >= 4 is 5.78 Å². The number of benzene rings is 1. The van der Waals surface area contributed by atoms with Crippen LogP contribution >= 0.6 is 0 Å². The first-order chi connectivity index (χ1) is 9.77. The summed E-state index contributed by atoms with van der Waals surface area (Å²) < 4.78 is 5.09. The summed E-state index contributed by atoms with van der Waals surface area (Å²) in [5, 5.41) is 0. The minimum absolute atomic E-state index is 0.249. The van der Waals surface area contributed by atoms with Crippen molar-refractivity contribution in [2.45, 2.75) is 64.7 Å². The lowest BCUT2D eigenvalue weighted by molar-refractivity contribution is 0.0979. The average Bonchev–Trinajstić information content (AvgIpc) is 2.50. The summed E-state index contributed by atoms with van der Waals surface area (Å²) in [6, 6.07) is 7.40. The smallest absolute Gasteiger partial charge is 0.162 e. The van der Waals surface area contributed by atoms with Crippen molar-refractivity contribution in [3.63, 3.8) is 0 Å². The third-order valence-electron chi connectivity index (χ3n) is 3.67. The van der Waals surface area contributed by atoms with Crippen LogP contribution in [0.3, 0.4) is 0 Å². The fourth-order valence-corrected chi connectivity index (χ4v) is 2.34. The van der Waals surface area contributed by atoms with Gasteiger partial charge in [0.25, 0.3) is 0 Å². The maximum atomic E-state index is 12.0. The molecule has 0 saturated heterocycles. The van der Waals surface area contributed by atoms with Crippen LogP contribution in [-0.2, 0) is 0 Å². The van der Waals surface area contributed by atoms with Gasteiger partial charge in [-0.3, -0.25) is 4.79 Å². The Kier molecular flexibility index (Phi) is 8.77. The van der Waals surface area contributed by atoms with Crippen molar-refractivity contribution in [2.75, 3.05) is 7.11 Å². The molecular formula is C18H28O2. The molecule has 1 rings (SSSR count). The quantitative estimate of drug-likeness (QED) is 0.399. The number of hydrogen-bond donors (Lipinski definition) is 0. The standard InChI is InChI=1S/C18H28O2/c1-3-4-5-6-7-8-9-10-11-18(19)16-12-14-17(20-2)15-13-16/h12-15H,3-11H2,1-2H3. The second-order valence-electron chi connectivity index (χ2n) is 5.38. The van der Waals surface area contributed by atoms with Gasteiger partial charge in [0.15, 0.2) is 5.78 Å². The summed E-state index contributed by atoms with van der Waals surface area (Å²) >= 11 is 0. The van der Waals surface area contributed by atoms with Crippen LogP contribution in [0.5, 0.6) is 5.75 Å². The Hall–Kier alpha value is -1.31. The Morgan fingerprint density at radius 2 is 1.45 bits per heavy atom. The normalized spacial score (nSPS) is 10.5. The van der Waals surface area contributed by atoms with Crippen LogP contribution < -0.4 is 4.74 Å². The largest absolute Gasteiger partial charge is 0.497 e. The zero-order valence-electron chi connectivity index (χ0n) is 13.0. The Morgan fingerprint density at radius 1 is 0.900 bits per heavy atom. The van der Waals surface area contributed by atoms with Gasteiger partial charge < -0.3 is 4.74 Å². The molecule has 0 unspecified atom stereocenters. The van der Waals surface area contributed by atoms with Crippen LogP contribution in [0.2, 0.25) is 0 Å². The summed E-state index contributed by atoms with van der Waals surface area (Å²) in [5.41, 5.74) is 0.800. The fourth-order valence-electron chi connectivity index (χ4n) is 2.34. The molecule has 1 aromatic carbocycles. The highest BCUT2D eigenvalue weighted by atomic mass is 16.5. The van der Waals surface area contributed by atoms with Gasteiger partial charge in [-0.2, -0.15) is 0 Å². The van der Waals surface area contributed by atoms with E-state index in [1.165, 1.54) is 44.9 Å². The molecular weight excluding hydrogens is 248 g/mol. The van der Waals surface area contributed by atoms with Crippen LogP contribution in [0.1, 0.15) is 75.1 Å². The maximum Gasteiger partial charge on any atom is 0.162 e. The molecule has 0 heterocycles. The maximum absolute atomic E-state index is 12.0. The molecule has 0 fully saturated rings. The number of Topliss-reactive ketones (excluding diaryl/α,β-unsaturated/α-hetero) is 1. The third-order valence-corrected chi connectivity index (χ3v) is 3.67. The molecule has 0 amide bonds. The summed E-state index contributed by atoms with van der Waals surface area (Å²) in [4.78, 5) is 12.0. The van der Waals surface area contributed by atoms with Gasteiger partial charge in [-0.1, -0.05) is 51.9 Å². The Balaban J connectivity index is 2.10. The van der Waals surface area contributed by atoms with Gasteiger partial charge in [-0.25, -0.2) is 0 Å². The van der Waals surface area contributed by atoms with Crippen LogP contribution in [0.15, 0.2) is 24.3 Å². The molecule has 1 aromatic rings. The van der Waals surface area contributed by atoms with Gasteiger partial charge in [-0.05, 0) is 30.7 Å². The second kappa shape index (κ2) is 10.5. The first-order valence-corrected chi connectivity index (χ1v) is 7.95. The molecule has 2 heteroatoms. The van der Waals surface area contributed by atoms with E-state index in [1.54, 1.807) is 7.11 Å². The fraction of sp³-hybridized carbons (Fsp3) is 0.611. The molecule has 0 aromatic heterocycles. The Bertz CT molecular complexity index is 368. The topological polar surface area (TPSA) is 26.3 Å². The van der Waals surface area contributed by atoms with Crippen molar-refractivity contribution in [3.8, 4) is 5.75 Å². The van der Waals surface area contributed by atoms with Crippen LogP contribution in [-0.4, -0.2) is 12.9 Å². The van der Waals surface area contributed by atoms with E-state index < -0.39 is 0 Å². The van der Waals surface area contributed by atoms with E-state index >= 15 is 0 Å². The van der Waals surface area contributed by atoms with Crippen molar-refractivity contribution in [1.29, 1.82) is 0 Å². The SMILES string of the molecule is CCCCCCCCCCC(=O)c1ccc(OC)cc1. The van der Waals surface area contributed by atoms with Crippen molar-refractivity contribution < 1.29 is 9.53 Å². The first kappa shape index (κ1) is 16.7. The highest BCUT2D eigenvalue weighted by molar-refractivity contribution is 5.96. The van der Waals surface area contributed by atoms with Gasteiger partial charge in [-0.15, -0.1) is 0 Å². The zero-order valence-corrected chi connectivity index (χ0v) is 13.0. The van der Waals surface area contributed by atoms with Crippen molar-refractivity contribution in [3.05, 3.63) is 29.8 Å². The van der Waals surface area contributed by atoms with E-state index in [0.29, 0.717) is 6.42 Å². The van der Waals surface area contributed by atoms with E-state index in [4.69, 9.17) is 4.74 Å². The monoisotopic (exact) mass is 276 g/mol. The molecule has 0 aliphatic carbocycles. The number of methoxy groups -OCH3 is 1. The van der Waals surface area contributed by atoms with Crippen LogP contribution in [0.25, 0.3) is 0 Å². The van der Waals surface area contributed by atoms with Gasteiger partial charge in [0.05, 0.1) is 7.11 Å². The molecule has 0 atom stereocenters. The summed E-state index contributed by atoms with van der Waals surface area (Å²) in [5.74, 6) is 1.05. The number of ether oxygens (including phenoxy) is 1. The van der Waals surface area contributed by atoms with E-state index in [1.807, 2.05) is 24.3 Å². The first-order valence-electron chi connectivity index (χ1n) is 7.95. The minimum Gasteiger partial charge on any atom is -0.497 e. The van der Waals surface area contributed by atoms with Crippen molar-refractivity contribution in [2.24, 2.45) is 0 Å². The average molecular weight is 276 g/mol. The lowest BCUT2D eigenvalue weighted by atomic mass is 10.0. The van der Waals surface area contributed by atoms with Gasteiger partial charge in [0.1, 0.15) is 5.75 Å². The third kappa shape index (κ3) is 6.74. The molecule has 0 aliphatic heterocycles. The van der Waals surface area contributed by atoms with Gasteiger partial charge in [0, 0.05) is 12.0 Å². The number of carbonyl (C=O) groups excluding carboxylic acids is 1. The molecule has 0 saturated carbocycles. The number of carbonyl (C=O) groups is 1. The van der Waals surface area contributed by atoms with E-state index in [9.17, 15) is 4.79 Å². The highest BCUT2D eigenvalue weighted by Crippen LogP contribution is 2.15. The van der Waals surface area contributed by atoms with Crippen LogP contribution in [0.4, 0.5) is 0 Å². The number of unbranched alkanes of at least 4 members (excludes halogenated alkanes) is 7. The molecule has 2 nitrogen and oxygen atoms in total. The zero-order chi connectivity index (χ0) is 14.6. The van der Waals surface area contributed by atoms with E-state index in [2.05, 4.69) is 6.92 Å². The Labute approximate surface area is 123 Å². The summed E-state index contributed by atoms with van der Waals surface area (Å²) in [6.45, 7) is 2.24. The van der Waals surface area contributed by atoms with Gasteiger partial charge in [0.2, 0.25) is 0 Å². The van der Waals surface area contributed by atoms with E-state index in [0.717, 1.165) is 17.7 Å². The highest BCUT2D eigenvalue weighted by Gasteiger charge is 2.05. The number of rotatable bonds is 11. The predicted octanol–water partition coefficient (Wildman–Crippen LogP) is 5.41. The minimum atomic E-state index is 0.249. The molecule has 0 N–H and O–H groups in total. The van der Waals surface area contributed by atoms with Gasteiger partial charge >= 0.3 is 0 Å². The lowest BCUT2D eigenvalue weighted by Crippen LogP contribution is -1.98.